The van der Waals surface area contributed by atoms with Gasteiger partial charge in [-0.15, -0.1) is 0 Å². The predicted octanol–water partition coefficient (Wildman–Crippen LogP) is 5.23. The minimum atomic E-state index is -3.31. The number of rotatable bonds is 8. The van der Waals surface area contributed by atoms with E-state index in [-0.39, 0.29) is 11.5 Å². The molecule has 1 amide bonds. The molecule has 3 fully saturated rings. The summed E-state index contributed by atoms with van der Waals surface area (Å²) in [5, 5.41) is 9.26. The summed E-state index contributed by atoms with van der Waals surface area (Å²) in [5.74, 6) is -5.03. The fourth-order valence-corrected chi connectivity index (χ4v) is 5.19. The number of aliphatic carboxylic acids is 1. The van der Waals surface area contributed by atoms with Crippen molar-refractivity contribution in [2.75, 3.05) is 13.2 Å². The van der Waals surface area contributed by atoms with Gasteiger partial charge in [0, 0.05) is 12.5 Å². The largest absolute Gasteiger partial charge is 0.493 e. The van der Waals surface area contributed by atoms with Crippen LogP contribution in [-0.2, 0) is 4.79 Å². The maximum atomic E-state index is 14.9. The van der Waals surface area contributed by atoms with Crippen LogP contribution in [0.5, 0.6) is 5.75 Å². The number of carboxylic acid groups (broad SMARTS) is 1. The molecule has 3 atom stereocenters. The quantitative estimate of drug-likeness (QED) is 0.585. The van der Waals surface area contributed by atoms with Crippen LogP contribution in [0.1, 0.15) is 80.1 Å². The molecule has 1 saturated heterocycles. The number of carbonyl (C=O) groups excluding carboxylic acids is 1. The van der Waals surface area contributed by atoms with Crippen LogP contribution in [-0.4, -0.2) is 47.0 Å². The highest BCUT2D eigenvalue weighted by Gasteiger charge is 2.50. The third-order valence-corrected chi connectivity index (χ3v) is 6.98. The van der Waals surface area contributed by atoms with Crippen molar-refractivity contribution in [1.29, 1.82) is 0 Å². The van der Waals surface area contributed by atoms with Gasteiger partial charge in [-0.3, -0.25) is 4.79 Å². The number of hydrogen-bond donors (Lipinski definition) is 1. The molecule has 2 aliphatic carbocycles. The number of benzene rings is 1. The van der Waals surface area contributed by atoms with Gasteiger partial charge in [0.05, 0.1) is 18.7 Å². The van der Waals surface area contributed by atoms with Crippen LogP contribution in [0.3, 0.4) is 0 Å². The average molecular weight is 454 g/mol. The second kappa shape index (κ2) is 8.94. The molecule has 176 valence electrons. The Morgan fingerprint density at radius 1 is 1.19 bits per heavy atom. The Bertz CT molecular complexity index is 886. The smallest absolute Gasteiger partial charge is 0.326 e. The fourth-order valence-electron chi connectivity index (χ4n) is 5.19. The molecule has 1 N–H and O–H groups in total. The summed E-state index contributed by atoms with van der Waals surface area (Å²) in [6.07, 6.45) is 6.55. The first-order chi connectivity index (χ1) is 15.2. The Hall–Kier alpha value is -2.25. The lowest BCUT2D eigenvalue weighted by atomic mass is 10.0. The molecule has 0 bridgehead atoms. The number of halogens is 3. The lowest BCUT2D eigenvalue weighted by Gasteiger charge is -2.22. The maximum absolute atomic E-state index is 14.9. The number of amides is 1. The topological polar surface area (TPSA) is 66.8 Å². The first kappa shape index (κ1) is 22.9. The standard InChI is InChI=1S/C24H30F3NO4/c1-2-3-14-4-5-15(8-14)12-32-21-10-19(25)18(9-17(21)16-6-7-16)22(29)28-13-24(26,27)11-20(28)23(30)31/h9-10,14-16,20H,2-8,11-13H2,1H3,(H,30,31). The van der Waals surface area contributed by atoms with Gasteiger partial charge in [0.1, 0.15) is 17.6 Å². The monoisotopic (exact) mass is 453 g/mol. The molecule has 5 nitrogen and oxygen atoms in total. The molecule has 1 aromatic rings. The first-order valence-corrected chi connectivity index (χ1v) is 11.6. The van der Waals surface area contributed by atoms with Gasteiger partial charge in [-0.1, -0.05) is 26.2 Å². The predicted molar refractivity (Wildman–Crippen MR) is 112 cm³/mol. The van der Waals surface area contributed by atoms with Crippen molar-refractivity contribution in [2.24, 2.45) is 11.8 Å². The first-order valence-electron chi connectivity index (χ1n) is 11.6. The minimum absolute atomic E-state index is 0.142. The van der Waals surface area contributed by atoms with E-state index in [1.54, 1.807) is 0 Å². The molecule has 8 heteroatoms. The summed E-state index contributed by atoms with van der Waals surface area (Å²) in [7, 11) is 0. The van der Waals surface area contributed by atoms with Crippen LogP contribution in [0.4, 0.5) is 13.2 Å². The van der Waals surface area contributed by atoms with Crippen LogP contribution in [0.25, 0.3) is 0 Å². The Morgan fingerprint density at radius 2 is 1.91 bits per heavy atom. The SMILES string of the molecule is CCCC1CCC(COc2cc(F)c(C(=O)N3CC(F)(F)CC3C(=O)O)cc2C2CC2)C1. The average Bonchev–Trinajstić information content (AvgIpc) is 3.38. The third-order valence-electron chi connectivity index (χ3n) is 6.98. The van der Waals surface area contributed by atoms with E-state index >= 15 is 0 Å². The second-order valence-electron chi connectivity index (χ2n) is 9.64. The number of likely N-dealkylation sites (tertiary alicyclic amines) is 1. The van der Waals surface area contributed by atoms with E-state index in [9.17, 15) is 27.9 Å². The summed E-state index contributed by atoms with van der Waals surface area (Å²) in [4.78, 5) is 24.9. The molecular weight excluding hydrogens is 423 g/mol. The zero-order valence-electron chi connectivity index (χ0n) is 18.3. The van der Waals surface area contributed by atoms with E-state index in [0.29, 0.717) is 34.7 Å². The highest BCUT2D eigenvalue weighted by Crippen LogP contribution is 2.46. The van der Waals surface area contributed by atoms with Crippen molar-refractivity contribution in [3.05, 3.63) is 29.1 Å². The Labute approximate surface area is 185 Å². The molecule has 2 saturated carbocycles. The molecule has 1 aromatic carbocycles. The van der Waals surface area contributed by atoms with Crippen LogP contribution in [0.15, 0.2) is 12.1 Å². The molecule has 0 spiro atoms. The van der Waals surface area contributed by atoms with Gasteiger partial charge in [-0.25, -0.2) is 18.0 Å². The zero-order chi connectivity index (χ0) is 23.0. The van der Waals surface area contributed by atoms with Crippen LogP contribution >= 0.6 is 0 Å². The van der Waals surface area contributed by atoms with Crippen LogP contribution in [0.2, 0.25) is 0 Å². The van der Waals surface area contributed by atoms with Crippen molar-refractivity contribution < 1.29 is 32.6 Å². The molecule has 3 unspecified atom stereocenters. The normalized spacial score (nSPS) is 27.0. The van der Waals surface area contributed by atoms with E-state index in [0.717, 1.165) is 32.1 Å². The number of hydrogen-bond acceptors (Lipinski definition) is 3. The van der Waals surface area contributed by atoms with Gasteiger partial charge < -0.3 is 14.7 Å². The van der Waals surface area contributed by atoms with Gasteiger partial charge in [0.25, 0.3) is 11.8 Å². The molecule has 0 radical (unpaired) electrons. The molecule has 32 heavy (non-hydrogen) atoms. The summed E-state index contributed by atoms with van der Waals surface area (Å²) in [6.45, 7) is 1.64. The summed E-state index contributed by atoms with van der Waals surface area (Å²) in [5.41, 5.74) is 0.336. The van der Waals surface area contributed by atoms with Crippen molar-refractivity contribution >= 4 is 11.9 Å². The molecular formula is C24H30F3NO4. The van der Waals surface area contributed by atoms with Crippen LogP contribution in [0, 0.1) is 17.7 Å². The van der Waals surface area contributed by atoms with Crippen molar-refractivity contribution in [3.8, 4) is 5.75 Å². The van der Waals surface area contributed by atoms with Gasteiger partial charge in [-0.2, -0.15) is 0 Å². The van der Waals surface area contributed by atoms with E-state index in [1.807, 2.05) is 0 Å². The molecule has 1 aliphatic heterocycles. The Kier molecular flexibility index (Phi) is 6.41. The van der Waals surface area contributed by atoms with Crippen LogP contribution < -0.4 is 4.74 Å². The lowest BCUT2D eigenvalue weighted by molar-refractivity contribution is -0.141. The van der Waals surface area contributed by atoms with E-state index < -0.39 is 42.6 Å². The second-order valence-corrected chi connectivity index (χ2v) is 9.64. The van der Waals surface area contributed by atoms with E-state index in [4.69, 9.17) is 4.74 Å². The number of carboxylic acids is 1. The molecule has 3 aliphatic rings. The summed E-state index contributed by atoms with van der Waals surface area (Å²) in [6, 6.07) is 0.883. The molecule has 1 heterocycles. The number of ether oxygens (including phenoxy) is 1. The van der Waals surface area contributed by atoms with Gasteiger partial charge >= 0.3 is 5.97 Å². The third kappa shape index (κ3) is 4.89. The fraction of sp³-hybridized carbons (Fsp3) is 0.667. The molecule has 4 rings (SSSR count). The highest BCUT2D eigenvalue weighted by atomic mass is 19.3. The Morgan fingerprint density at radius 3 is 2.56 bits per heavy atom. The lowest BCUT2D eigenvalue weighted by Crippen LogP contribution is -2.41. The van der Waals surface area contributed by atoms with Crippen molar-refractivity contribution in [2.45, 2.75) is 76.2 Å². The number of carbonyl (C=O) groups is 2. The van der Waals surface area contributed by atoms with E-state index in [1.165, 1.54) is 25.0 Å². The maximum Gasteiger partial charge on any atom is 0.326 e. The van der Waals surface area contributed by atoms with Gasteiger partial charge in [-0.05, 0) is 55.1 Å². The van der Waals surface area contributed by atoms with Crippen molar-refractivity contribution in [3.63, 3.8) is 0 Å². The van der Waals surface area contributed by atoms with Gasteiger partial charge in [0.15, 0.2) is 0 Å². The number of nitrogens with zero attached hydrogens (tertiary/aromatic N) is 1. The zero-order valence-corrected chi connectivity index (χ0v) is 18.3. The van der Waals surface area contributed by atoms with Crippen molar-refractivity contribution in [1.82, 2.24) is 4.90 Å². The minimum Gasteiger partial charge on any atom is -0.493 e. The highest BCUT2D eigenvalue weighted by molar-refractivity contribution is 5.97. The van der Waals surface area contributed by atoms with E-state index in [2.05, 4.69) is 6.92 Å². The Balaban J connectivity index is 1.52. The van der Waals surface area contributed by atoms with Gasteiger partial charge in [0.2, 0.25) is 0 Å². The summed E-state index contributed by atoms with van der Waals surface area (Å²) >= 11 is 0. The number of alkyl halides is 2. The summed E-state index contributed by atoms with van der Waals surface area (Å²) < 4.78 is 48.6. The molecule has 0 aromatic heterocycles.